The first-order chi connectivity index (χ1) is 23.5. The highest BCUT2D eigenvalue weighted by molar-refractivity contribution is 5.86. The molecular weight excluding hydrogens is 608 g/mol. The maximum absolute atomic E-state index is 14.0. The molecule has 4 heterocycles. The van der Waals surface area contributed by atoms with Crippen LogP contribution in [-0.2, 0) is 28.9 Å². The Labute approximate surface area is 281 Å². The van der Waals surface area contributed by atoms with Gasteiger partial charge in [0.25, 0.3) is 0 Å². The number of H-pyrrole nitrogens is 1. The van der Waals surface area contributed by atoms with Gasteiger partial charge in [-0.05, 0) is 68.1 Å². The van der Waals surface area contributed by atoms with Crippen LogP contribution < -0.4 is 16.3 Å². The van der Waals surface area contributed by atoms with Crippen LogP contribution in [0.15, 0.2) is 53.3 Å². The molecule has 0 unspecified atom stereocenters. The lowest BCUT2D eigenvalue weighted by Gasteiger charge is -2.41. The minimum absolute atomic E-state index is 0.0470. The van der Waals surface area contributed by atoms with Gasteiger partial charge in [0, 0.05) is 70.4 Å². The van der Waals surface area contributed by atoms with Gasteiger partial charge in [0.15, 0.2) is 5.82 Å². The van der Waals surface area contributed by atoms with Crippen LogP contribution in [0.2, 0.25) is 0 Å². The van der Waals surface area contributed by atoms with Crippen LogP contribution >= 0.6 is 0 Å². The number of hydroxylamine groups is 2. The summed E-state index contributed by atoms with van der Waals surface area (Å²) in [6, 6.07) is 15.8. The number of amides is 2. The molecular formula is C36H48N8O4. The summed E-state index contributed by atoms with van der Waals surface area (Å²) < 4.78 is 1.51. The van der Waals surface area contributed by atoms with Crippen molar-refractivity contribution < 1.29 is 14.4 Å². The van der Waals surface area contributed by atoms with Gasteiger partial charge in [-0.15, -0.1) is 10.2 Å². The maximum atomic E-state index is 14.0. The molecule has 256 valence electrons. The van der Waals surface area contributed by atoms with E-state index in [0.717, 1.165) is 63.0 Å². The number of nitrogens with one attached hydrogen (secondary N) is 3. The summed E-state index contributed by atoms with van der Waals surface area (Å²) in [5, 5.41) is 12.6. The molecule has 0 saturated carbocycles. The summed E-state index contributed by atoms with van der Waals surface area (Å²) >= 11 is 0. The molecule has 2 aromatic carbocycles. The molecule has 3 aromatic rings. The summed E-state index contributed by atoms with van der Waals surface area (Å²) in [7, 11) is 0. The highest BCUT2D eigenvalue weighted by Crippen LogP contribution is 2.25. The van der Waals surface area contributed by atoms with E-state index in [4.69, 9.17) is 4.84 Å². The van der Waals surface area contributed by atoms with E-state index in [9.17, 15) is 14.4 Å². The van der Waals surface area contributed by atoms with Crippen LogP contribution in [0.3, 0.4) is 0 Å². The number of hydrogen-bond acceptors (Lipinski definition) is 8. The monoisotopic (exact) mass is 656 g/mol. The Hall–Kier alpha value is -4.00. The number of aromatic nitrogens is 3. The van der Waals surface area contributed by atoms with Gasteiger partial charge < -0.3 is 20.4 Å². The fourth-order valence-electron chi connectivity index (χ4n) is 7.84. The Balaban J connectivity index is 0.971. The van der Waals surface area contributed by atoms with Crippen LogP contribution in [0, 0.1) is 0 Å². The molecule has 1 aliphatic carbocycles. The van der Waals surface area contributed by atoms with Gasteiger partial charge in [-0.2, -0.15) is 0 Å². The predicted molar refractivity (Wildman–Crippen MR) is 182 cm³/mol. The maximum Gasteiger partial charge on any atom is 0.426 e. The number of rotatable bonds is 8. The molecule has 48 heavy (non-hydrogen) atoms. The number of likely N-dealkylation sites (tertiary alicyclic amines) is 1. The van der Waals surface area contributed by atoms with E-state index in [-0.39, 0.29) is 17.6 Å². The van der Waals surface area contributed by atoms with Gasteiger partial charge in [-0.25, -0.2) is 14.3 Å². The van der Waals surface area contributed by atoms with E-state index in [2.05, 4.69) is 43.8 Å². The zero-order valence-electron chi connectivity index (χ0n) is 27.7. The smallest absolute Gasteiger partial charge is 0.351 e. The molecule has 2 amide bonds. The first-order valence-electron chi connectivity index (χ1n) is 17.8. The second-order valence-corrected chi connectivity index (χ2v) is 13.7. The van der Waals surface area contributed by atoms with Crippen molar-refractivity contribution in [2.45, 2.75) is 75.9 Å². The highest BCUT2D eigenvalue weighted by Gasteiger charge is 2.33. The van der Waals surface area contributed by atoms with Crippen molar-refractivity contribution in [3.63, 3.8) is 0 Å². The highest BCUT2D eigenvalue weighted by atomic mass is 16.7. The number of piperidine rings is 2. The molecule has 4 aliphatic rings. The standard InChI is InChI=1S/C36H48N8O4/c45-34(42-18-12-30(13-19-42)41-22-16-37-17-23-41)32(25-26-10-11-27-6-4-5-9-29(27)24-26)38-36(47)48-43-20-14-31(15-21-43)44-35(46)39-33(40-44)28-7-2-1-3-8-28/h1-3,7-8,10-11,24,30-32,37H,4-6,9,12-23,25H2,(H,38,47)(H,39,40,46)/t32-/m1/s1. The third-order valence-electron chi connectivity index (χ3n) is 10.6. The number of carbonyl (C=O) groups is 2. The zero-order valence-corrected chi connectivity index (χ0v) is 27.7. The average molecular weight is 657 g/mol. The average Bonchev–Trinajstić information content (AvgIpc) is 3.53. The summed E-state index contributed by atoms with van der Waals surface area (Å²) in [6.45, 7) is 6.44. The molecule has 3 N–H and O–H groups in total. The van der Waals surface area contributed by atoms with E-state index >= 15 is 0 Å². The zero-order chi connectivity index (χ0) is 32.9. The van der Waals surface area contributed by atoms with Crippen LogP contribution in [0.1, 0.15) is 61.3 Å². The van der Waals surface area contributed by atoms with Gasteiger partial charge >= 0.3 is 11.8 Å². The molecule has 1 atom stereocenters. The topological polar surface area (TPSA) is 128 Å². The first-order valence-corrected chi connectivity index (χ1v) is 17.8. The van der Waals surface area contributed by atoms with Gasteiger partial charge in [-0.1, -0.05) is 48.5 Å². The number of hydrogen-bond donors (Lipinski definition) is 3. The summed E-state index contributed by atoms with van der Waals surface area (Å²) in [4.78, 5) is 53.1. The third-order valence-corrected chi connectivity index (χ3v) is 10.6. The van der Waals surface area contributed by atoms with Crippen molar-refractivity contribution in [3.05, 3.63) is 75.7 Å². The Morgan fingerprint density at radius 3 is 2.33 bits per heavy atom. The van der Waals surface area contributed by atoms with E-state index in [1.54, 1.807) is 5.06 Å². The fraction of sp³-hybridized carbons (Fsp3) is 0.556. The van der Waals surface area contributed by atoms with Crippen LogP contribution in [-0.4, -0.2) is 106 Å². The number of benzene rings is 2. The van der Waals surface area contributed by atoms with Gasteiger partial charge in [0.05, 0.1) is 6.04 Å². The van der Waals surface area contributed by atoms with Crippen molar-refractivity contribution in [1.82, 2.24) is 40.3 Å². The Morgan fingerprint density at radius 1 is 0.875 bits per heavy atom. The van der Waals surface area contributed by atoms with Crippen LogP contribution in [0.5, 0.6) is 0 Å². The molecule has 7 rings (SSSR count). The Morgan fingerprint density at radius 2 is 1.58 bits per heavy atom. The molecule has 12 nitrogen and oxygen atoms in total. The largest absolute Gasteiger partial charge is 0.426 e. The summed E-state index contributed by atoms with van der Waals surface area (Å²) in [5.74, 6) is 0.496. The van der Waals surface area contributed by atoms with Crippen molar-refractivity contribution in [3.8, 4) is 11.4 Å². The number of piperazine rings is 1. The fourth-order valence-corrected chi connectivity index (χ4v) is 7.84. The molecule has 3 fully saturated rings. The quantitative estimate of drug-likeness (QED) is 0.338. The van der Waals surface area contributed by atoms with Crippen molar-refractivity contribution in [2.75, 3.05) is 52.4 Å². The Bertz CT molecular complexity index is 1600. The predicted octanol–water partition coefficient (Wildman–Crippen LogP) is 2.90. The normalized spacial score (nSPS) is 20.6. The number of aryl methyl sites for hydroxylation is 2. The number of fused-ring (bicyclic) bond motifs is 1. The minimum Gasteiger partial charge on any atom is -0.351 e. The number of nitrogens with zero attached hydrogens (tertiary/aromatic N) is 5. The van der Waals surface area contributed by atoms with Crippen LogP contribution in [0.25, 0.3) is 11.4 Å². The molecule has 0 spiro atoms. The second kappa shape index (κ2) is 15.0. The third kappa shape index (κ3) is 7.66. The second-order valence-electron chi connectivity index (χ2n) is 13.7. The van der Waals surface area contributed by atoms with E-state index in [1.165, 1.54) is 28.7 Å². The summed E-state index contributed by atoms with van der Waals surface area (Å²) in [5.41, 5.74) is 4.43. The molecule has 12 heteroatoms. The molecule has 1 aromatic heterocycles. The van der Waals surface area contributed by atoms with Gasteiger partial charge in [0.2, 0.25) is 5.91 Å². The van der Waals surface area contributed by atoms with Gasteiger partial charge in [-0.3, -0.25) is 14.7 Å². The lowest BCUT2D eigenvalue weighted by molar-refractivity contribution is -0.137. The lowest BCUT2D eigenvalue weighted by atomic mass is 9.89. The van der Waals surface area contributed by atoms with E-state index in [0.29, 0.717) is 57.3 Å². The molecule has 3 aliphatic heterocycles. The summed E-state index contributed by atoms with van der Waals surface area (Å²) in [6.07, 6.45) is 7.47. The lowest BCUT2D eigenvalue weighted by Crippen LogP contribution is -2.56. The number of carbonyl (C=O) groups excluding carboxylic acids is 2. The van der Waals surface area contributed by atoms with E-state index in [1.807, 2.05) is 35.2 Å². The van der Waals surface area contributed by atoms with Crippen molar-refractivity contribution in [2.24, 2.45) is 0 Å². The first kappa shape index (κ1) is 32.5. The molecule has 3 saturated heterocycles. The van der Waals surface area contributed by atoms with Gasteiger partial charge in [0.1, 0.15) is 6.04 Å². The molecule has 0 radical (unpaired) electrons. The molecule has 0 bridgehead atoms. The van der Waals surface area contributed by atoms with Crippen molar-refractivity contribution in [1.29, 1.82) is 0 Å². The Kier molecular flexibility index (Phi) is 10.2. The van der Waals surface area contributed by atoms with Crippen LogP contribution in [0.4, 0.5) is 4.79 Å². The SMILES string of the molecule is O=C(N[C@H](Cc1ccc2c(c1)CCCC2)C(=O)N1CCC(N2CCNCC2)CC1)ON1CCC(n2nc(-c3ccccc3)[nH]c2=O)CC1. The minimum atomic E-state index is -0.716. The van der Waals surface area contributed by atoms with E-state index < -0.39 is 12.1 Å². The number of aromatic amines is 1. The van der Waals surface area contributed by atoms with Crippen molar-refractivity contribution >= 4 is 12.0 Å².